The van der Waals surface area contributed by atoms with Gasteiger partial charge in [0.25, 0.3) is 0 Å². The number of rotatable bonds is 5. The van der Waals surface area contributed by atoms with Crippen LogP contribution >= 0.6 is 11.6 Å². The summed E-state index contributed by atoms with van der Waals surface area (Å²) in [6.07, 6.45) is 0. The Morgan fingerprint density at radius 2 is 2.00 bits per heavy atom. The standard InChI is InChI=1S/C16H14ClFN2O2S/c1-2-20(11-12-4-3-5-14(18)8-12)23(21,22)15-7-6-13(10-19)16(17)9-15/h3-9H,2,11H2,1H3. The van der Waals surface area contributed by atoms with Crippen molar-refractivity contribution in [2.75, 3.05) is 6.54 Å². The highest BCUT2D eigenvalue weighted by atomic mass is 35.5. The van der Waals surface area contributed by atoms with E-state index in [-0.39, 0.29) is 28.6 Å². The van der Waals surface area contributed by atoms with E-state index in [4.69, 9.17) is 16.9 Å². The third-order valence-electron chi connectivity index (χ3n) is 3.30. The van der Waals surface area contributed by atoms with Crippen molar-refractivity contribution in [3.05, 3.63) is 64.4 Å². The zero-order valence-corrected chi connectivity index (χ0v) is 13.9. The predicted molar refractivity (Wildman–Crippen MR) is 85.8 cm³/mol. The summed E-state index contributed by atoms with van der Waals surface area (Å²) >= 11 is 5.91. The molecule has 0 atom stereocenters. The van der Waals surface area contributed by atoms with Crippen LogP contribution in [-0.2, 0) is 16.6 Å². The first-order chi connectivity index (χ1) is 10.9. The molecule has 0 amide bonds. The molecule has 7 heteroatoms. The summed E-state index contributed by atoms with van der Waals surface area (Å²) in [7, 11) is -3.79. The highest BCUT2D eigenvalue weighted by Crippen LogP contribution is 2.24. The lowest BCUT2D eigenvalue weighted by Crippen LogP contribution is -2.30. The molecule has 0 aliphatic carbocycles. The first-order valence-electron chi connectivity index (χ1n) is 6.82. The smallest absolute Gasteiger partial charge is 0.207 e. The predicted octanol–water partition coefficient (Wildman–Crippen LogP) is 3.56. The van der Waals surface area contributed by atoms with Gasteiger partial charge in [-0.1, -0.05) is 30.7 Å². The lowest BCUT2D eigenvalue weighted by Gasteiger charge is -2.21. The summed E-state index contributed by atoms with van der Waals surface area (Å²) in [5.41, 5.74) is 0.758. The van der Waals surface area contributed by atoms with Crippen molar-refractivity contribution in [2.24, 2.45) is 0 Å². The molecule has 0 unspecified atom stereocenters. The minimum Gasteiger partial charge on any atom is -0.207 e. The molecule has 23 heavy (non-hydrogen) atoms. The minimum absolute atomic E-state index is 0.000229. The molecule has 0 fully saturated rings. The van der Waals surface area contributed by atoms with Crippen molar-refractivity contribution in [3.63, 3.8) is 0 Å². The maximum absolute atomic E-state index is 13.3. The Morgan fingerprint density at radius 3 is 2.57 bits per heavy atom. The van der Waals surface area contributed by atoms with Gasteiger partial charge in [0.2, 0.25) is 10.0 Å². The molecule has 0 heterocycles. The van der Waals surface area contributed by atoms with Gasteiger partial charge >= 0.3 is 0 Å². The number of nitriles is 1. The number of hydrogen-bond donors (Lipinski definition) is 0. The molecular formula is C16H14ClFN2O2S. The lowest BCUT2D eigenvalue weighted by molar-refractivity contribution is 0.422. The zero-order valence-electron chi connectivity index (χ0n) is 12.3. The third-order valence-corrected chi connectivity index (χ3v) is 5.53. The van der Waals surface area contributed by atoms with E-state index in [0.29, 0.717) is 5.56 Å². The van der Waals surface area contributed by atoms with E-state index in [0.717, 1.165) is 0 Å². The SMILES string of the molecule is CCN(Cc1cccc(F)c1)S(=O)(=O)c1ccc(C#N)c(Cl)c1. The Bertz CT molecular complexity index is 863. The molecule has 2 rings (SSSR count). The van der Waals surface area contributed by atoms with Crippen LogP contribution in [0.5, 0.6) is 0 Å². The topological polar surface area (TPSA) is 61.2 Å². The second-order valence-electron chi connectivity index (χ2n) is 4.81. The summed E-state index contributed by atoms with van der Waals surface area (Å²) in [4.78, 5) is -0.000229. The van der Waals surface area contributed by atoms with E-state index in [2.05, 4.69) is 0 Å². The van der Waals surface area contributed by atoms with Crippen LogP contribution in [0.1, 0.15) is 18.1 Å². The Morgan fingerprint density at radius 1 is 1.26 bits per heavy atom. The van der Waals surface area contributed by atoms with E-state index in [1.165, 1.54) is 40.7 Å². The first-order valence-corrected chi connectivity index (χ1v) is 8.64. The van der Waals surface area contributed by atoms with Crippen LogP contribution in [0.25, 0.3) is 0 Å². The van der Waals surface area contributed by atoms with Gasteiger partial charge < -0.3 is 0 Å². The fourth-order valence-electron chi connectivity index (χ4n) is 2.10. The highest BCUT2D eigenvalue weighted by molar-refractivity contribution is 7.89. The molecular weight excluding hydrogens is 339 g/mol. The summed E-state index contributed by atoms with van der Waals surface area (Å²) in [6, 6.07) is 11.6. The molecule has 0 bridgehead atoms. The summed E-state index contributed by atoms with van der Waals surface area (Å²) in [5, 5.41) is 8.94. The fourth-order valence-corrected chi connectivity index (χ4v) is 3.85. The monoisotopic (exact) mass is 352 g/mol. The first kappa shape index (κ1) is 17.4. The van der Waals surface area contributed by atoms with Gasteiger partial charge in [0.15, 0.2) is 0 Å². The molecule has 120 valence electrons. The van der Waals surface area contributed by atoms with Gasteiger partial charge in [-0.2, -0.15) is 9.57 Å². The molecule has 0 spiro atoms. The van der Waals surface area contributed by atoms with Gasteiger partial charge in [-0.25, -0.2) is 12.8 Å². The van der Waals surface area contributed by atoms with E-state index in [1.54, 1.807) is 13.0 Å². The summed E-state index contributed by atoms with van der Waals surface area (Å²) in [5.74, 6) is -0.419. The molecule has 0 saturated carbocycles. The van der Waals surface area contributed by atoms with Crippen molar-refractivity contribution in [2.45, 2.75) is 18.4 Å². The van der Waals surface area contributed by atoms with Crippen LogP contribution in [0, 0.1) is 17.1 Å². The number of halogens is 2. The van der Waals surface area contributed by atoms with Crippen LogP contribution in [0.4, 0.5) is 4.39 Å². The molecule has 4 nitrogen and oxygen atoms in total. The van der Waals surface area contributed by atoms with E-state index in [9.17, 15) is 12.8 Å². The largest absolute Gasteiger partial charge is 0.243 e. The van der Waals surface area contributed by atoms with Gasteiger partial charge in [0.05, 0.1) is 15.5 Å². The number of hydrogen-bond acceptors (Lipinski definition) is 3. The van der Waals surface area contributed by atoms with Gasteiger partial charge in [-0.15, -0.1) is 0 Å². The van der Waals surface area contributed by atoms with Crippen molar-refractivity contribution < 1.29 is 12.8 Å². The Labute approximate surface area is 139 Å². The quantitative estimate of drug-likeness (QED) is 0.826. The second kappa shape index (κ2) is 7.09. The van der Waals surface area contributed by atoms with Crippen molar-refractivity contribution in [1.29, 1.82) is 5.26 Å². The molecule has 0 aliphatic heterocycles. The summed E-state index contributed by atoms with van der Waals surface area (Å²) in [6.45, 7) is 1.97. The van der Waals surface area contributed by atoms with Crippen molar-refractivity contribution in [3.8, 4) is 6.07 Å². The Hall–Kier alpha value is -1.94. The van der Waals surface area contributed by atoms with Crippen LogP contribution in [-0.4, -0.2) is 19.3 Å². The molecule has 2 aromatic carbocycles. The summed E-state index contributed by atoms with van der Waals surface area (Å²) < 4.78 is 39.9. The van der Waals surface area contributed by atoms with Gasteiger partial charge in [-0.05, 0) is 35.9 Å². The molecule has 0 aromatic heterocycles. The Kier molecular flexibility index (Phi) is 5.37. The third kappa shape index (κ3) is 3.88. The normalized spacial score (nSPS) is 11.4. The maximum Gasteiger partial charge on any atom is 0.243 e. The number of nitrogens with zero attached hydrogens (tertiary/aromatic N) is 2. The van der Waals surface area contributed by atoms with Gasteiger partial charge in [0, 0.05) is 13.1 Å². The average molecular weight is 353 g/mol. The Balaban J connectivity index is 2.36. The van der Waals surface area contributed by atoms with Crippen molar-refractivity contribution >= 4 is 21.6 Å². The molecule has 0 radical (unpaired) electrons. The zero-order chi connectivity index (χ0) is 17.0. The van der Waals surface area contributed by atoms with Crippen LogP contribution in [0.3, 0.4) is 0 Å². The fraction of sp³-hybridized carbons (Fsp3) is 0.188. The van der Waals surface area contributed by atoms with E-state index >= 15 is 0 Å². The van der Waals surface area contributed by atoms with Gasteiger partial charge in [0.1, 0.15) is 11.9 Å². The number of benzene rings is 2. The van der Waals surface area contributed by atoms with Crippen LogP contribution in [0.15, 0.2) is 47.4 Å². The minimum atomic E-state index is -3.79. The van der Waals surface area contributed by atoms with Gasteiger partial charge in [-0.3, -0.25) is 0 Å². The van der Waals surface area contributed by atoms with E-state index < -0.39 is 15.8 Å². The molecule has 0 aliphatic rings. The number of sulfonamides is 1. The van der Waals surface area contributed by atoms with Crippen molar-refractivity contribution in [1.82, 2.24) is 4.31 Å². The molecule has 2 aromatic rings. The lowest BCUT2D eigenvalue weighted by atomic mass is 10.2. The van der Waals surface area contributed by atoms with Crippen LogP contribution in [0.2, 0.25) is 5.02 Å². The molecule has 0 N–H and O–H groups in total. The second-order valence-corrected chi connectivity index (χ2v) is 7.16. The molecule has 0 saturated heterocycles. The van der Waals surface area contributed by atoms with Crippen LogP contribution < -0.4 is 0 Å². The highest BCUT2D eigenvalue weighted by Gasteiger charge is 2.24. The average Bonchev–Trinajstić information content (AvgIpc) is 2.52. The maximum atomic E-state index is 13.3. The van der Waals surface area contributed by atoms with E-state index in [1.807, 2.05) is 6.07 Å².